The van der Waals surface area contributed by atoms with Gasteiger partial charge in [-0.1, -0.05) is 72.3 Å². The van der Waals surface area contributed by atoms with Crippen LogP contribution in [0.5, 0.6) is 0 Å². The minimum Gasteiger partial charge on any atom is -0.397 e. The molecule has 0 aliphatic rings. The van der Waals surface area contributed by atoms with E-state index in [1.165, 1.54) is 17.2 Å². The number of nitrogen functional groups attached to an aromatic ring is 1. The minimum atomic E-state index is -0.236. The van der Waals surface area contributed by atoms with Crippen LogP contribution in [-0.4, -0.2) is 15.5 Å². The largest absolute Gasteiger partial charge is 0.397 e. The van der Waals surface area contributed by atoms with Crippen molar-refractivity contribution >= 4 is 34.4 Å². The topological polar surface area (TPSA) is 72.9 Å². The fourth-order valence-corrected chi connectivity index (χ4v) is 4.07. The monoisotopic (exact) mass is 458 g/mol. The van der Waals surface area contributed by atoms with Crippen LogP contribution in [0.4, 0.5) is 11.4 Å². The third-order valence-corrected chi connectivity index (χ3v) is 5.91. The molecule has 1 amide bonds. The number of amides is 1. The van der Waals surface area contributed by atoms with Gasteiger partial charge in [0.15, 0.2) is 0 Å². The maximum atomic E-state index is 12.4. The smallest absolute Gasteiger partial charge is 0.248 e. The Morgan fingerprint density at radius 3 is 2.54 bits per heavy atom. The zero-order chi connectivity index (χ0) is 24.2. The summed E-state index contributed by atoms with van der Waals surface area (Å²) in [6, 6.07) is 32.0. The molecule has 0 fully saturated rings. The first kappa shape index (κ1) is 22.2. The zero-order valence-corrected chi connectivity index (χ0v) is 19.5. The van der Waals surface area contributed by atoms with Crippen LogP contribution in [0, 0.1) is 6.92 Å². The van der Waals surface area contributed by atoms with E-state index in [4.69, 9.17) is 10.7 Å². The quantitative estimate of drug-likeness (QED) is 0.232. The van der Waals surface area contributed by atoms with Crippen molar-refractivity contribution < 1.29 is 4.79 Å². The molecule has 35 heavy (non-hydrogen) atoms. The molecule has 3 N–H and O–H groups in total. The molecule has 0 bridgehead atoms. The first-order valence-corrected chi connectivity index (χ1v) is 11.5. The number of carbonyl (C=O) groups excluding carboxylic acids is 1. The van der Waals surface area contributed by atoms with E-state index in [9.17, 15) is 4.79 Å². The summed E-state index contributed by atoms with van der Waals surface area (Å²) in [7, 11) is 0. The maximum absolute atomic E-state index is 12.4. The summed E-state index contributed by atoms with van der Waals surface area (Å²) in [5, 5.41) is 2.82. The van der Waals surface area contributed by atoms with Crippen LogP contribution in [0.1, 0.15) is 16.7 Å². The van der Waals surface area contributed by atoms with Crippen molar-refractivity contribution in [1.82, 2.24) is 9.55 Å². The van der Waals surface area contributed by atoms with Crippen LogP contribution in [0.25, 0.3) is 28.5 Å². The number of aryl methyl sites for hydroxylation is 1. The number of hydrogen-bond acceptors (Lipinski definition) is 3. The second-order valence-corrected chi connectivity index (χ2v) is 8.53. The van der Waals surface area contributed by atoms with Gasteiger partial charge in [-0.05, 0) is 54.5 Å². The number of aromatic nitrogens is 2. The summed E-state index contributed by atoms with van der Waals surface area (Å²) in [5.74, 6) is 0.656. The Balaban J connectivity index is 1.44. The highest BCUT2D eigenvalue weighted by molar-refractivity contribution is 6.03. The van der Waals surface area contributed by atoms with Crippen LogP contribution in [-0.2, 0) is 11.3 Å². The van der Waals surface area contributed by atoms with Gasteiger partial charge in [0, 0.05) is 18.2 Å². The number of hydrogen-bond donors (Lipinski definition) is 2. The first-order valence-electron chi connectivity index (χ1n) is 11.5. The summed E-state index contributed by atoms with van der Waals surface area (Å²) >= 11 is 0. The molecule has 0 saturated heterocycles. The molecule has 4 aromatic carbocycles. The highest BCUT2D eigenvalue weighted by Crippen LogP contribution is 2.27. The SMILES string of the molecule is Cc1ccc(Cn2c(-c3cccc(/C=C/C(=O)Nc4ccccc4N)c3)nc3ccccc32)cc1. The van der Waals surface area contributed by atoms with Gasteiger partial charge in [-0.15, -0.1) is 0 Å². The van der Waals surface area contributed by atoms with Gasteiger partial charge < -0.3 is 15.6 Å². The molecule has 5 aromatic rings. The van der Waals surface area contributed by atoms with Gasteiger partial charge in [-0.25, -0.2) is 4.98 Å². The van der Waals surface area contributed by atoms with E-state index in [0.717, 1.165) is 34.5 Å². The number of fused-ring (bicyclic) bond motifs is 1. The van der Waals surface area contributed by atoms with Crippen molar-refractivity contribution in [1.29, 1.82) is 0 Å². The van der Waals surface area contributed by atoms with Crippen LogP contribution < -0.4 is 11.1 Å². The van der Waals surface area contributed by atoms with Gasteiger partial charge in [-0.2, -0.15) is 0 Å². The van der Waals surface area contributed by atoms with E-state index >= 15 is 0 Å². The van der Waals surface area contributed by atoms with Crippen LogP contribution in [0.3, 0.4) is 0 Å². The van der Waals surface area contributed by atoms with E-state index in [1.54, 1.807) is 18.2 Å². The molecule has 0 aliphatic carbocycles. The van der Waals surface area contributed by atoms with Gasteiger partial charge in [-0.3, -0.25) is 4.79 Å². The Labute approximate surface area is 204 Å². The third-order valence-electron chi connectivity index (χ3n) is 5.91. The van der Waals surface area contributed by atoms with Gasteiger partial charge in [0.05, 0.1) is 22.4 Å². The number of para-hydroxylation sites is 4. The van der Waals surface area contributed by atoms with Gasteiger partial charge >= 0.3 is 0 Å². The Morgan fingerprint density at radius 2 is 1.71 bits per heavy atom. The lowest BCUT2D eigenvalue weighted by Gasteiger charge is -2.11. The van der Waals surface area contributed by atoms with Crippen molar-refractivity contribution in [2.75, 3.05) is 11.1 Å². The predicted octanol–water partition coefficient (Wildman–Crippen LogP) is 6.29. The minimum absolute atomic E-state index is 0.236. The van der Waals surface area contributed by atoms with E-state index < -0.39 is 0 Å². The standard InChI is InChI=1S/C30H26N4O/c1-21-13-15-23(16-14-21)20-34-28-12-5-4-11-27(28)33-30(34)24-8-6-7-22(19-24)17-18-29(35)32-26-10-3-2-9-25(26)31/h2-19H,20,31H2,1H3,(H,32,35)/b18-17+. The van der Waals surface area contributed by atoms with Gasteiger partial charge in [0.1, 0.15) is 5.82 Å². The van der Waals surface area contributed by atoms with Crippen molar-refractivity contribution in [2.45, 2.75) is 13.5 Å². The predicted molar refractivity (Wildman–Crippen MR) is 144 cm³/mol. The van der Waals surface area contributed by atoms with E-state index in [2.05, 4.69) is 53.2 Å². The number of carbonyl (C=O) groups is 1. The molecule has 1 aromatic heterocycles. The van der Waals surface area contributed by atoms with E-state index in [0.29, 0.717) is 11.4 Å². The van der Waals surface area contributed by atoms with Crippen LogP contribution in [0.15, 0.2) is 103 Å². The molecule has 5 rings (SSSR count). The Bertz CT molecular complexity index is 1530. The fraction of sp³-hybridized carbons (Fsp3) is 0.0667. The summed E-state index contributed by atoms with van der Waals surface area (Å²) in [6.45, 7) is 2.81. The number of rotatable bonds is 6. The summed E-state index contributed by atoms with van der Waals surface area (Å²) < 4.78 is 2.24. The first-order chi connectivity index (χ1) is 17.1. The average molecular weight is 459 g/mol. The van der Waals surface area contributed by atoms with Crippen molar-refractivity contribution in [3.63, 3.8) is 0 Å². The summed E-state index contributed by atoms with van der Waals surface area (Å²) in [5.41, 5.74) is 13.4. The van der Waals surface area contributed by atoms with Crippen molar-refractivity contribution in [3.05, 3.63) is 120 Å². The molecular weight excluding hydrogens is 432 g/mol. The zero-order valence-electron chi connectivity index (χ0n) is 19.5. The number of benzene rings is 4. The molecule has 5 heteroatoms. The maximum Gasteiger partial charge on any atom is 0.248 e. The highest BCUT2D eigenvalue weighted by atomic mass is 16.1. The lowest BCUT2D eigenvalue weighted by molar-refractivity contribution is -0.111. The van der Waals surface area contributed by atoms with Crippen molar-refractivity contribution in [3.8, 4) is 11.4 Å². The van der Waals surface area contributed by atoms with E-state index in [-0.39, 0.29) is 5.91 Å². The third kappa shape index (κ3) is 4.99. The Kier molecular flexibility index (Phi) is 6.14. The molecule has 0 unspecified atom stereocenters. The molecule has 0 spiro atoms. The Hall–Kier alpha value is -4.64. The molecule has 1 heterocycles. The molecule has 0 atom stereocenters. The molecular formula is C30H26N4O. The number of anilines is 2. The second-order valence-electron chi connectivity index (χ2n) is 8.53. The summed E-state index contributed by atoms with van der Waals surface area (Å²) in [4.78, 5) is 17.4. The van der Waals surface area contributed by atoms with Crippen LogP contribution >= 0.6 is 0 Å². The van der Waals surface area contributed by atoms with Gasteiger partial charge in [0.2, 0.25) is 5.91 Å². The van der Waals surface area contributed by atoms with Crippen molar-refractivity contribution in [2.24, 2.45) is 0 Å². The van der Waals surface area contributed by atoms with E-state index in [1.807, 2.05) is 48.5 Å². The second kappa shape index (κ2) is 9.69. The normalized spacial score (nSPS) is 11.2. The highest BCUT2D eigenvalue weighted by Gasteiger charge is 2.13. The summed E-state index contributed by atoms with van der Waals surface area (Å²) in [6.07, 6.45) is 3.31. The fourth-order valence-electron chi connectivity index (χ4n) is 4.07. The molecule has 5 nitrogen and oxygen atoms in total. The molecule has 0 saturated carbocycles. The molecule has 0 aliphatic heterocycles. The number of imidazole rings is 1. The molecule has 172 valence electrons. The lowest BCUT2D eigenvalue weighted by Crippen LogP contribution is -2.09. The average Bonchev–Trinajstić information content (AvgIpc) is 3.24. The Morgan fingerprint density at radius 1 is 0.943 bits per heavy atom. The van der Waals surface area contributed by atoms with Gasteiger partial charge in [0.25, 0.3) is 0 Å². The number of nitrogens with zero attached hydrogens (tertiary/aromatic N) is 2. The molecule has 0 radical (unpaired) electrons. The lowest BCUT2D eigenvalue weighted by atomic mass is 10.1. The van der Waals surface area contributed by atoms with Crippen LogP contribution in [0.2, 0.25) is 0 Å². The number of nitrogens with one attached hydrogen (secondary N) is 1. The number of nitrogens with two attached hydrogens (primary N) is 1.